The van der Waals surface area contributed by atoms with Crippen molar-refractivity contribution < 1.29 is 9.59 Å². The number of carbonyl (C=O) groups excluding carboxylic acids is 2. The summed E-state index contributed by atoms with van der Waals surface area (Å²) in [7, 11) is 0. The van der Waals surface area contributed by atoms with Gasteiger partial charge in [-0.25, -0.2) is 4.68 Å². The highest BCUT2D eigenvalue weighted by molar-refractivity contribution is 9.10. The zero-order chi connectivity index (χ0) is 19.9. The number of amides is 2. The Hall–Kier alpha value is -3.00. The van der Waals surface area contributed by atoms with Crippen LogP contribution in [0.25, 0.3) is 0 Å². The first-order chi connectivity index (χ1) is 13.5. The summed E-state index contributed by atoms with van der Waals surface area (Å²) in [4.78, 5) is 24.3. The molecule has 0 bridgehead atoms. The van der Waals surface area contributed by atoms with Gasteiger partial charge in [0.15, 0.2) is 5.69 Å². The number of aromatic nitrogens is 3. The third kappa shape index (κ3) is 5.50. The number of anilines is 1. The van der Waals surface area contributed by atoms with Crippen LogP contribution in [0.2, 0.25) is 0 Å². The van der Waals surface area contributed by atoms with Crippen LogP contribution in [0.4, 0.5) is 5.69 Å². The van der Waals surface area contributed by atoms with Crippen LogP contribution in [0.3, 0.4) is 0 Å². The van der Waals surface area contributed by atoms with Gasteiger partial charge in [0.25, 0.3) is 5.91 Å². The maximum Gasteiger partial charge on any atom is 0.273 e. The standard InChI is InChI=1S/C20H20BrN5O2/c1-14-7-8-16(21)11-17(14)23-19(27)9-10-22-20(28)18-13-26(25-24-18)12-15-5-3-2-4-6-15/h2-8,11,13H,9-10,12H2,1H3,(H,22,28)(H,23,27). The van der Waals surface area contributed by atoms with Gasteiger partial charge in [0.05, 0.1) is 12.7 Å². The maximum atomic E-state index is 12.2. The number of nitrogens with one attached hydrogen (secondary N) is 2. The highest BCUT2D eigenvalue weighted by atomic mass is 79.9. The van der Waals surface area contributed by atoms with E-state index in [9.17, 15) is 9.59 Å². The van der Waals surface area contributed by atoms with Gasteiger partial charge in [-0.1, -0.05) is 57.5 Å². The third-order valence-corrected chi connectivity index (χ3v) is 4.56. The molecular formula is C20H20BrN5O2. The van der Waals surface area contributed by atoms with E-state index in [1.165, 1.54) is 0 Å². The molecule has 8 heteroatoms. The van der Waals surface area contributed by atoms with E-state index in [0.29, 0.717) is 6.54 Å². The topological polar surface area (TPSA) is 88.9 Å². The normalized spacial score (nSPS) is 10.5. The van der Waals surface area contributed by atoms with E-state index in [0.717, 1.165) is 21.3 Å². The average molecular weight is 442 g/mol. The van der Waals surface area contributed by atoms with Crippen molar-refractivity contribution in [2.45, 2.75) is 19.9 Å². The number of benzene rings is 2. The van der Waals surface area contributed by atoms with Crippen molar-refractivity contribution in [1.29, 1.82) is 0 Å². The molecule has 0 radical (unpaired) electrons. The van der Waals surface area contributed by atoms with Crippen LogP contribution in [-0.2, 0) is 11.3 Å². The molecular weight excluding hydrogens is 422 g/mol. The fraction of sp³-hybridized carbons (Fsp3) is 0.200. The van der Waals surface area contributed by atoms with Crippen molar-refractivity contribution in [3.8, 4) is 0 Å². The van der Waals surface area contributed by atoms with E-state index in [2.05, 4.69) is 36.9 Å². The number of rotatable bonds is 7. The Bertz CT molecular complexity index is 972. The van der Waals surface area contributed by atoms with Gasteiger partial charge in [-0.05, 0) is 30.2 Å². The highest BCUT2D eigenvalue weighted by Crippen LogP contribution is 2.20. The molecule has 0 saturated heterocycles. The van der Waals surface area contributed by atoms with Gasteiger partial charge in [0.1, 0.15) is 0 Å². The van der Waals surface area contributed by atoms with Gasteiger partial charge < -0.3 is 10.6 Å². The summed E-state index contributed by atoms with van der Waals surface area (Å²) in [6.45, 7) is 2.67. The Morgan fingerprint density at radius 3 is 2.71 bits per heavy atom. The number of aryl methyl sites for hydroxylation is 1. The monoisotopic (exact) mass is 441 g/mol. The Morgan fingerprint density at radius 2 is 1.93 bits per heavy atom. The number of nitrogens with zero attached hydrogens (tertiary/aromatic N) is 3. The summed E-state index contributed by atoms with van der Waals surface area (Å²) in [6, 6.07) is 15.5. The highest BCUT2D eigenvalue weighted by Gasteiger charge is 2.12. The minimum atomic E-state index is -0.356. The minimum Gasteiger partial charge on any atom is -0.350 e. The van der Waals surface area contributed by atoms with Crippen LogP contribution in [0, 0.1) is 6.92 Å². The van der Waals surface area contributed by atoms with Crippen LogP contribution in [0.1, 0.15) is 28.0 Å². The molecule has 3 rings (SSSR count). The van der Waals surface area contributed by atoms with E-state index in [-0.39, 0.29) is 30.5 Å². The molecule has 3 aromatic rings. The van der Waals surface area contributed by atoms with Crippen LogP contribution in [0.5, 0.6) is 0 Å². The zero-order valence-electron chi connectivity index (χ0n) is 15.4. The first-order valence-corrected chi connectivity index (χ1v) is 9.59. The van der Waals surface area contributed by atoms with Crippen molar-refractivity contribution in [2.75, 3.05) is 11.9 Å². The van der Waals surface area contributed by atoms with E-state index in [1.807, 2.05) is 55.5 Å². The summed E-state index contributed by atoms with van der Waals surface area (Å²) < 4.78 is 2.49. The summed E-state index contributed by atoms with van der Waals surface area (Å²) in [5.74, 6) is -0.528. The molecule has 2 N–H and O–H groups in total. The van der Waals surface area contributed by atoms with Gasteiger partial charge in [-0.3, -0.25) is 9.59 Å². The molecule has 0 spiro atoms. The van der Waals surface area contributed by atoms with Crippen LogP contribution in [-0.4, -0.2) is 33.4 Å². The van der Waals surface area contributed by atoms with Gasteiger partial charge in [-0.15, -0.1) is 5.10 Å². The lowest BCUT2D eigenvalue weighted by molar-refractivity contribution is -0.116. The number of hydrogen-bond donors (Lipinski definition) is 2. The van der Waals surface area contributed by atoms with Gasteiger partial charge in [0, 0.05) is 23.1 Å². The Morgan fingerprint density at radius 1 is 1.14 bits per heavy atom. The van der Waals surface area contributed by atoms with Crippen LogP contribution >= 0.6 is 15.9 Å². The lowest BCUT2D eigenvalue weighted by Crippen LogP contribution is -2.28. The van der Waals surface area contributed by atoms with Crippen LogP contribution in [0.15, 0.2) is 59.2 Å². The lowest BCUT2D eigenvalue weighted by atomic mass is 10.2. The Kier molecular flexibility index (Phi) is 6.54. The average Bonchev–Trinajstić information content (AvgIpc) is 3.14. The summed E-state index contributed by atoms with van der Waals surface area (Å²) in [5, 5.41) is 13.4. The largest absolute Gasteiger partial charge is 0.350 e. The number of carbonyl (C=O) groups is 2. The molecule has 0 fully saturated rings. The molecule has 0 unspecified atom stereocenters. The second kappa shape index (κ2) is 9.27. The first kappa shape index (κ1) is 19.8. The fourth-order valence-electron chi connectivity index (χ4n) is 2.57. The van der Waals surface area contributed by atoms with Gasteiger partial charge in [0.2, 0.25) is 5.91 Å². The predicted molar refractivity (Wildman–Crippen MR) is 110 cm³/mol. The second-order valence-corrected chi connectivity index (χ2v) is 7.22. The minimum absolute atomic E-state index is 0.163. The van der Waals surface area contributed by atoms with Crippen molar-refractivity contribution in [3.63, 3.8) is 0 Å². The van der Waals surface area contributed by atoms with E-state index >= 15 is 0 Å². The molecule has 28 heavy (non-hydrogen) atoms. The lowest BCUT2D eigenvalue weighted by Gasteiger charge is -2.09. The third-order valence-electron chi connectivity index (χ3n) is 4.07. The molecule has 0 saturated carbocycles. The molecule has 2 amide bonds. The number of halogens is 1. The summed E-state index contributed by atoms with van der Waals surface area (Å²) in [6.07, 6.45) is 1.75. The summed E-state index contributed by atoms with van der Waals surface area (Å²) >= 11 is 3.38. The molecule has 144 valence electrons. The smallest absolute Gasteiger partial charge is 0.273 e. The molecule has 1 aromatic heterocycles. The summed E-state index contributed by atoms with van der Waals surface area (Å²) in [5.41, 5.74) is 3.00. The quantitative estimate of drug-likeness (QED) is 0.589. The number of hydrogen-bond acceptors (Lipinski definition) is 4. The molecule has 0 aliphatic rings. The van der Waals surface area contributed by atoms with E-state index in [1.54, 1.807) is 10.9 Å². The second-order valence-electron chi connectivity index (χ2n) is 6.30. The molecule has 1 heterocycles. The SMILES string of the molecule is Cc1ccc(Br)cc1NC(=O)CCNC(=O)c1cn(Cc2ccccc2)nn1. The van der Waals surface area contributed by atoms with E-state index < -0.39 is 0 Å². The Labute approximate surface area is 171 Å². The van der Waals surface area contributed by atoms with Crippen molar-refractivity contribution in [2.24, 2.45) is 0 Å². The molecule has 0 atom stereocenters. The molecule has 7 nitrogen and oxygen atoms in total. The van der Waals surface area contributed by atoms with Crippen LogP contribution < -0.4 is 10.6 Å². The van der Waals surface area contributed by atoms with Gasteiger partial charge >= 0.3 is 0 Å². The fourth-order valence-corrected chi connectivity index (χ4v) is 2.93. The molecule has 0 aliphatic heterocycles. The molecule has 0 aliphatic carbocycles. The van der Waals surface area contributed by atoms with Crippen molar-refractivity contribution in [3.05, 3.63) is 76.0 Å². The first-order valence-electron chi connectivity index (χ1n) is 8.79. The zero-order valence-corrected chi connectivity index (χ0v) is 16.9. The van der Waals surface area contributed by atoms with E-state index in [4.69, 9.17) is 0 Å². The van der Waals surface area contributed by atoms with Crippen molar-refractivity contribution in [1.82, 2.24) is 20.3 Å². The maximum absolute atomic E-state index is 12.2. The Balaban J connectivity index is 1.46. The molecule has 2 aromatic carbocycles. The van der Waals surface area contributed by atoms with Gasteiger partial charge in [-0.2, -0.15) is 0 Å². The predicted octanol–water partition coefficient (Wildman–Crippen LogP) is 3.16. The van der Waals surface area contributed by atoms with Crippen molar-refractivity contribution >= 4 is 33.4 Å².